The minimum Gasteiger partial charge on any atom is -0.494 e. The van der Waals surface area contributed by atoms with E-state index in [4.69, 9.17) is 19.7 Å². The molecule has 3 aromatic carbocycles. The van der Waals surface area contributed by atoms with Crippen LogP contribution >= 0.6 is 0 Å². The number of amides is 1. The smallest absolute Gasteiger partial charge is 0.254 e. The van der Waals surface area contributed by atoms with Gasteiger partial charge in [-0.15, -0.1) is 0 Å². The maximum absolute atomic E-state index is 13.4. The van der Waals surface area contributed by atoms with Gasteiger partial charge in [-0.05, 0) is 79.8 Å². The fourth-order valence-electron chi connectivity index (χ4n) is 5.74. The van der Waals surface area contributed by atoms with E-state index in [1.165, 1.54) is 30.4 Å². The number of aryl methyl sites for hydroxylation is 1. The normalized spacial score (nSPS) is 11.0. The Morgan fingerprint density at radius 2 is 1.08 bits per heavy atom. The number of nitrogens with one attached hydrogen (secondary N) is 1. The lowest BCUT2D eigenvalue weighted by Crippen LogP contribution is -2.40. The monoisotopic (exact) mass is 738 g/mol. The van der Waals surface area contributed by atoms with Gasteiger partial charge in [-0.3, -0.25) is 14.6 Å². The Morgan fingerprint density at radius 3 is 1.57 bits per heavy atom. The molecule has 0 bridgehead atoms. The Hall–Kier alpha value is -3.55. The van der Waals surface area contributed by atoms with Gasteiger partial charge in [0.25, 0.3) is 5.91 Å². The average molecular weight is 739 g/mol. The second-order valence-electron chi connectivity index (χ2n) is 12.8. The van der Waals surface area contributed by atoms with Crippen molar-refractivity contribution in [3.63, 3.8) is 0 Å². The molecule has 0 aromatic heterocycles. The van der Waals surface area contributed by atoms with Crippen LogP contribution in [0.15, 0.2) is 72.8 Å². The van der Waals surface area contributed by atoms with Gasteiger partial charge < -0.3 is 40.1 Å². The number of carbonyl (C=O) groups is 1. The van der Waals surface area contributed by atoms with E-state index < -0.39 is 0 Å². The van der Waals surface area contributed by atoms with E-state index >= 15 is 0 Å². The average Bonchev–Trinajstić information content (AvgIpc) is 3.17. The van der Waals surface area contributed by atoms with Crippen molar-refractivity contribution in [2.24, 2.45) is 0 Å². The van der Waals surface area contributed by atoms with Crippen LogP contribution in [-0.2, 0) is 19.5 Å². The van der Waals surface area contributed by atoms with Crippen LogP contribution in [0, 0.1) is 0 Å². The summed E-state index contributed by atoms with van der Waals surface area (Å²) in [6.45, 7) is 13.9. The number of nitrogens with zero attached hydrogens (tertiary/aromatic N) is 3. The molecule has 0 aliphatic rings. The summed E-state index contributed by atoms with van der Waals surface area (Å²) in [5, 5.41) is 39.8. The molecular weight excluding hydrogens is 672 g/mol. The van der Waals surface area contributed by atoms with Crippen LogP contribution in [0.25, 0.3) is 0 Å². The number of hydrogen-bond donors (Lipinski definition) is 5. The fourth-order valence-corrected chi connectivity index (χ4v) is 5.74. The maximum atomic E-state index is 13.4. The third kappa shape index (κ3) is 19.4. The highest BCUT2D eigenvalue weighted by Crippen LogP contribution is 2.17. The highest BCUT2D eigenvalue weighted by Gasteiger charge is 2.18. The van der Waals surface area contributed by atoms with Gasteiger partial charge in [0.05, 0.1) is 39.6 Å². The summed E-state index contributed by atoms with van der Waals surface area (Å²) in [7, 11) is 0. The fraction of sp³-hybridized carbons (Fsp3) is 0.548. The van der Waals surface area contributed by atoms with Crippen LogP contribution in [0.4, 0.5) is 0 Å². The second kappa shape index (κ2) is 28.9. The van der Waals surface area contributed by atoms with Crippen LogP contribution < -0.4 is 14.8 Å². The number of unbranched alkanes of at least 4 members (excludes halogenated alkanes) is 2. The van der Waals surface area contributed by atoms with Gasteiger partial charge in [-0.1, -0.05) is 56.2 Å². The Morgan fingerprint density at radius 1 is 0.585 bits per heavy atom. The summed E-state index contributed by atoms with van der Waals surface area (Å²) < 4.78 is 10.9. The number of carbonyl (C=O) groups excluding carboxylic acids is 1. The van der Waals surface area contributed by atoms with E-state index in [0.29, 0.717) is 64.6 Å². The standard InChI is InChI=1S/C27H40N2O4.C15H26N2O3/c1-3-5-6-7-23-8-12-25(13-9-23)27(32)29(17-16-28(18-20-30)19-21-31)22-24-10-14-26(15-11-24)33-4-2;1-2-20-15-5-3-14(4-6-15)13-16-7-8-17(9-11-18)10-12-19/h8-15,30-31H,3-7,16-22H2,1-2H3;3-6,16,18-19H,2,7-13H2,1H3. The van der Waals surface area contributed by atoms with E-state index in [1.807, 2.05) is 77.1 Å². The van der Waals surface area contributed by atoms with Crippen molar-refractivity contribution in [2.45, 2.75) is 59.5 Å². The lowest BCUT2D eigenvalue weighted by molar-refractivity contribution is 0.0708. The largest absolute Gasteiger partial charge is 0.494 e. The molecule has 0 unspecified atom stereocenters. The first-order chi connectivity index (χ1) is 25.9. The van der Waals surface area contributed by atoms with E-state index in [0.717, 1.165) is 43.1 Å². The van der Waals surface area contributed by atoms with Crippen molar-refractivity contribution in [3.8, 4) is 11.5 Å². The lowest BCUT2D eigenvalue weighted by Gasteiger charge is -2.27. The van der Waals surface area contributed by atoms with Crippen molar-refractivity contribution >= 4 is 5.91 Å². The van der Waals surface area contributed by atoms with Crippen LogP contribution in [0.1, 0.15) is 67.1 Å². The third-order valence-corrected chi connectivity index (χ3v) is 8.68. The summed E-state index contributed by atoms with van der Waals surface area (Å²) in [5.41, 5.74) is 4.18. The molecule has 3 aromatic rings. The van der Waals surface area contributed by atoms with Crippen LogP contribution in [-0.4, -0.2) is 133 Å². The maximum Gasteiger partial charge on any atom is 0.254 e. The van der Waals surface area contributed by atoms with Gasteiger partial charge in [0.15, 0.2) is 0 Å². The van der Waals surface area contributed by atoms with Gasteiger partial charge in [0.1, 0.15) is 11.5 Å². The molecule has 0 fully saturated rings. The van der Waals surface area contributed by atoms with Crippen molar-refractivity contribution in [2.75, 3.05) is 92.0 Å². The molecule has 1 amide bonds. The molecule has 0 spiro atoms. The lowest BCUT2D eigenvalue weighted by atomic mass is 10.0. The van der Waals surface area contributed by atoms with Crippen molar-refractivity contribution in [3.05, 3.63) is 95.1 Å². The number of rotatable bonds is 27. The number of aliphatic hydroxyl groups excluding tert-OH is 4. The molecule has 0 saturated carbocycles. The van der Waals surface area contributed by atoms with Crippen LogP contribution in [0.3, 0.4) is 0 Å². The minimum atomic E-state index is -0.0167. The molecule has 0 aliphatic heterocycles. The zero-order chi connectivity index (χ0) is 38.5. The summed E-state index contributed by atoms with van der Waals surface area (Å²) in [6.07, 6.45) is 4.62. The SMILES string of the molecule is CCCCCc1ccc(C(=O)N(CCN(CCO)CCO)Cc2ccc(OCC)cc2)cc1.CCOc1ccc(CNCCN(CCO)CCO)cc1. The molecule has 11 nitrogen and oxygen atoms in total. The predicted octanol–water partition coefficient (Wildman–Crippen LogP) is 4.21. The summed E-state index contributed by atoms with van der Waals surface area (Å²) >= 11 is 0. The molecule has 5 N–H and O–H groups in total. The quantitative estimate of drug-likeness (QED) is 0.0724. The molecular formula is C42H66N4O7. The highest BCUT2D eigenvalue weighted by atomic mass is 16.5. The predicted molar refractivity (Wildman–Crippen MR) is 213 cm³/mol. The van der Waals surface area contributed by atoms with Gasteiger partial charge in [-0.25, -0.2) is 0 Å². The van der Waals surface area contributed by atoms with Gasteiger partial charge >= 0.3 is 0 Å². The van der Waals surface area contributed by atoms with Crippen molar-refractivity contribution < 1.29 is 34.7 Å². The molecule has 53 heavy (non-hydrogen) atoms. The van der Waals surface area contributed by atoms with Crippen molar-refractivity contribution in [1.82, 2.24) is 20.0 Å². The summed E-state index contributed by atoms with van der Waals surface area (Å²) in [4.78, 5) is 19.2. The first-order valence-corrected chi connectivity index (χ1v) is 19.3. The van der Waals surface area contributed by atoms with Crippen LogP contribution in [0.2, 0.25) is 0 Å². The summed E-state index contributed by atoms with van der Waals surface area (Å²) in [6, 6.07) is 23.9. The number of benzene rings is 3. The van der Waals surface area contributed by atoms with Gasteiger partial charge in [-0.2, -0.15) is 0 Å². The molecule has 0 radical (unpaired) electrons. The topological polar surface area (TPSA) is 138 Å². The van der Waals surface area contributed by atoms with E-state index in [2.05, 4.69) is 36.5 Å². The zero-order valence-electron chi connectivity index (χ0n) is 32.4. The first-order valence-electron chi connectivity index (χ1n) is 19.3. The van der Waals surface area contributed by atoms with E-state index in [-0.39, 0.29) is 32.3 Å². The van der Waals surface area contributed by atoms with Crippen LogP contribution in [0.5, 0.6) is 11.5 Å². The molecule has 0 saturated heterocycles. The zero-order valence-corrected chi connectivity index (χ0v) is 32.4. The molecule has 0 heterocycles. The number of ether oxygens (including phenoxy) is 2. The Kier molecular flexibility index (Phi) is 24.9. The number of aliphatic hydroxyl groups is 4. The number of hydrogen-bond acceptors (Lipinski definition) is 10. The minimum absolute atomic E-state index is 0.0167. The molecule has 296 valence electrons. The van der Waals surface area contributed by atoms with E-state index in [9.17, 15) is 15.0 Å². The molecule has 3 rings (SSSR count). The van der Waals surface area contributed by atoms with Gasteiger partial charge in [0.2, 0.25) is 0 Å². The highest BCUT2D eigenvalue weighted by molar-refractivity contribution is 5.94. The van der Waals surface area contributed by atoms with Crippen molar-refractivity contribution in [1.29, 1.82) is 0 Å². The summed E-state index contributed by atoms with van der Waals surface area (Å²) in [5.74, 6) is 1.69. The Labute approximate surface area is 318 Å². The van der Waals surface area contributed by atoms with Gasteiger partial charge in [0, 0.05) is 71.0 Å². The molecule has 0 atom stereocenters. The molecule has 0 aliphatic carbocycles. The second-order valence-corrected chi connectivity index (χ2v) is 12.8. The Bertz CT molecular complexity index is 1310. The third-order valence-electron chi connectivity index (χ3n) is 8.68. The Balaban J connectivity index is 0.000000415. The molecule has 11 heteroatoms. The van der Waals surface area contributed by atoms with E-state index in [1.54, 1.807) is 0 Å². The first kappa shape index (κ1) is 45.6.